The molecule has 0 saturated carbocycles. The number of likely N-dealkylation sites (N-methyl/N-ethyl adjacent to an activating group) is 1. The van der Waals surface area contributed by atoms with E-state index in [-0.39, 0.29) is 11.8 Å². The van der Waals surface area contributed by atoms with Crippen LogP contribution in [-0.4, -0.2) is 34.3 Å². The molecule has 5 nitrogen and oxygen atoms in total. The van der Waals surface area contributed by atoms with Crippen LogP contribution in [0.15, 0.2) is 24.3 Å². The summed E-state index contributed by atoms with van der Waals surface area (Å²) in [6.07, 6.45) is 0.735. The highest BCUT2D eigenvalue weighted by atomic mass is 19.1. The molecule has 0 bridgehead atoms. The van der Waals surface area contributed by atoms with Crippen LogP contribution < -0.4 is 5.32 Å². The molecule has 1 heterocycles. The highest BCUT2D eigenvalue weighted by Crippen LogP contribution is 2.14. The minimum atomic E-state index is -0.373. The highest BCUT2D eigenvalue weighted by molar-refractivity contribution is 5.89. The number of benzene rings is 1. The summed E-state index contributed by atoms with van der Waals surface area (Å²) in [5.41, 5.74) is 3.70. The minimum absolute atomic E-state index is 0.259. The number of hydrogen-bond donors (Lipinski definition) is 1. The summed E-state index contributed by atoms with van der Waals surface area (Å²) in [6, 6.07) is 5.59. The number of aryl methyl sites for hydroxylation is 2. The van der Waals surface area contributed by atoms with Gasteiger partial charge in [0.2, 0.25) is 0 Å². The molecule has 0 aliphatic carbocycles. The van der Waals surface area contributed by atoms with Gasteiger partial charge in [0.15, 0.2) is 0 Å². The summed E-state index contributed by atoms with van der Waals surface area (Å²) in [4.78, 5) is 13.7. The van der Waals surface area contributed by atoms with Crippen LogP contribution in [0, 0.1) is 19.7 Å². The van der Waals surface area contributed by atoms with E-state index in [0.29, 0.717) is 12.2 Å². The molecule has 0 unspecified atom stereocenters. The zero-order chi connectivity index (χ0) is 16.3. The second kappa shape index (κ2) is 6.60. The lowest BCUT2D eigenvalue weighted by atomic mass is 10.1. The second-order valence-corrected chi connectivity index (χ2v) is 5.39. The number of carbonyl (C=O) groups excluding carboxylic acids is 1. The average molecular weight is 304 g/mol. The van der Waals surface area contributed by atoms with Gasteiger partial charge in [-0.15, -0.1) is 0 Å². The Balaban J connectivity index is 1.94. The molecule has 0 fully saturated rings. The summed E-state index contributed by atoms with van der Waals surface area (Å²) in [5, 5.41) is 7.05. The SMILES string of the molecule is Cc1nn(C)c(C)c1CCN(C)C(=O)Nc1cccc(F)c1. The molecule has 6 heteroatoms. The van der Waals surface area contributed by atoms with Crippen LogP contribution in [0.2, 0.25) is 0 Å². The van der Waals surface area contributed by atoms with E-state index in [9.17, 15) is 9.18 Å². The van der Waals surface area contributed by atoms with Crippen molar-refractivity contribution in [3.05, 3.63) is 47.0 Å². The van der Waals surface area contributed by atoms with Crippen LogP contribution in [0.3, 0.4) is 0 Å². The molecule has 0 saturated heterocycles. The fourth-order valence-corrected chi connectivity index (χ4v) is 2.35. The largest absolute Gasteiger partial charge is 0.327 e. The first-order valence-corrected chi connectivity index (χ1v) is 7.15. The minimum Gasteiger partial charge on any atom is -0.327 e. The smallest absolute Gasteiger partial charge is 0.321 e. The Kier molecular flexibility index (Phi) is 4.80. The van der Waals surface area contributed by atoms with Gasteiger partial charge < -0.3 is 10.2 Å². The van der Waals surface area contributed by atoms with Crippen molar-refractivity contribution in [1.82, 2.24) is 14.7 Å². The summed E-state index contributed by atoms with van der Waals surface area (Å²) in [7, 11) is 3.63. The predicted octanol–water partition coefficient (Wildman–Crippen LogP) is 2.88. The lowest BCUT2D eigenvalue weighted by molar-refractivity contribution is 0.223. The molecule has 0 aliphatic heterocycles. The fourth-order valence-electron chi connectivity index (χ4n) is 2.35. The molecule has 1 N–H and O–H groups in total. The van der Waals surface area contributed by atoms with E-state index in [2.05, 4.69) is 10.4 Å². The van der Waals surface area contributed by atoms with Crippen molar-refractivity contribution in [1.29, 1.82) is 0 Å². The molecule has 2 rings (SSSR count). The summed E-state index contributed by atoms with van der Waals surface area (Å²) in [5.74, 6) is -0.373. The van der Waals surface area contributed by atoms with Crippen molar-refractivity contribution in [2.75, 3.05) is 18.9 Å². The van der Waals surface area contributed by atoms with Gasteiger partial charge in [-0.25, -0.2) is 9.18 Å². The number of halogens is 1. The first-order valence-electron chi connectivity index (χ1n) is 7.15. The van der Waals surface area contributed by atoms with Crippen molar-refractivity contribution in [3.63, 3.8) is 0 Å². The van der Waals surface area contributed by atoms with Crippen LogP contribution in [0.4, 0.5) is 14.9 Å². The van der Waals surface area contributed by atoms with E-state index in [1.807, 2.05) is 25.6 Å². The maximum absolute atomic E-state index is 13.1. The summed E-state index contributed by atoms with van der Waals surface area (Å²) in [6.45, 7) is 4.55. The molecular formula is C16H21FN4O. The Morgan fingerprint density at radius 1 is 1.41 bits per heavy atom. The Bertz CT molecular complexity index is 681. The van der Waals surface area contributed by atoms with Crippen molar-refractivity contribution in [3.8, 4) is 0 Å². The number of carbonyl (C=O) groups is 1. The van der Waals surface area contributed by atoms with Crippen LogP contribution in [0.5, 0.6) is 0 Å². The maximum Gasteiger partial charge on any atom is 0.321 e. The molecule has 22 heavy (non-hydrogen) atoms. The van der Waals surface area contributed by atoms with Gasteiger partial charge in [-0.1, -0.05) is 6.07 Å². The molecule has 0 atom stereocenters. The van der Waals surface area contributed by atoms with Gasteiger partial charge >= 0.3 is 6.03 Å². The number of hydrogen-bond acceptors (Lipinski definition) is 2. The lowest BCUT2D eigenvalue weighted by Gasteiger charge is -2.18. The van der Waals surface area contributed by atoms with Crippen molar-refractivity contribution in [2.24, 2.45) is 7.05 Å². The van der Waals surface area contributed by atoms with Crippen molar-refractivity contribution < 1.29 is 9.18 Å². The Hall–Kier alpha value is -2.37. The first-order chi connectivity index (χ1) is 10.4. The number of amides is 2. The third kappa shape index (κ3) is 3.63. The molecule has 1 aromatic heterocycles. The zero-order valence-corrected chi connectivity index (χ0v) is 13.4. The number of rotatable bonds is 4. The van der Waals surface area contributed by atoms with Crippen LogP contribution in [0.1, 0.15) is 17.0 Å². The standard InChI is InChI=1S/C16H21FN4O/c1-11-15(12(2)21(4)19-11)8-9-20(3)16(22)18-14-7-5-6-13(17)10-14/h5-7,10H,8-9H2,1-4H3,(H,18,22). The van der Waals surface area contributed by atoms with Gasteiger partial charge in [0.05, 0.1) is 5.69 Å². The highest BCUT2D eigenvalue weighted by Gasteiger charge is 2.13. The molecule has 0 radical (unpaired) electrons. The van der Waals surface area contributed by atoms with Crippen LogP contribution >= 0.6 is 0 Å². The molecule has 0 spiro atoms. The topological polar surface area (TPSA) is 50.2 Å². The molecule has 1 aromatic carbocycles. The van der Waals surface area contributed by atoms with E-state index in [0.717, 1.165) is 23.4 Å². The zero-order valence-electron chi connectivity index (χ0n) is 13.4. The van der Waals surface area contributed by atoms with E-state index in [4.69, 9.17) is 0 Å². The Morgan fingerprint density at radius 2 is 2.14 bits per heavy atom. The van der Waals surface area contributed by atoms with Crippen LogP contribution in [0.25, 0.3) is 0 Å². The van der Waals surface area contributed by atoms with E-state index >= 15 is 0 Å². The van der Waals surface area contributed by atoms with Gasteiger partial charge in [0.25, 0.3) is 0 Å². The quantitative estimate of drug-likeness (QED) is 0.944. The number of urea groups is 1. The van der Waals surface area contributed by atoms with E-state index in [1.54, 1.807) is 24.1 Å². The van der Waals surface area contributed by atoms with Crippen LogP contribution in [-0.2, 0) is 13.5 Å². The first kappa shape index (κ1) is 16.0. The molecular weight excluding hydrogens is 283 g/mol. The number of nitrogens with one attached hydrogen (secondary N) is 1. The van der Waals surface area contributed by atoms with Gasteiger partial charge in [0.1, 0.15) is 5.82 Å². The average Bonchev–Trinajstić information content (AvgIpc) is 2.70. The number of nitrogens with zero attached hydrogens (tertiary/aromatic N) is 3. The Morgan fingerprint density at radius 3 is 2.73 bits per heavy atom. The number of aromatic nitrogens is 2. The Labute approximate surface area is 129 Å². The number of anilines is 1. The normalized spacial score (nSPS) is 10.6. The monoisotopic (exact) mass is 304 g/mol. The molecule has 2 aromatic rings. The maximum atomic E-state index is 13.1. The summed E-state index contributed by atoms with van der Waals surface area (Å²) < 4.78 is 14.9. The van der Waals surface area contributed by atoms with E-state index < -0.39 is 0 Å². The third-order valence-corrected chi connectivity index (χ3v) is 3.78. The third-order valence-electron chi connectivity index (χ3n) is 3.78. The van der Waals surface area contributed by atoms with Gasteiger partial charge in [-0.05, 0) is 44.0 Å². The predicted molar refractivity (Wildman–Crippen MR) is 84.4 cm³/mol. The summed E-state index contributed by atoms with van der Waals surface area (Å²) >= 11 is 0. The van der Waals surface area contributed by atoms with Gasteiger partial charge in [-0.3, -0.25) is 4.68 Å². The lowest BCUT2D eigenvalue weighted by Crippen LogP contribution is -2.33. The second-order valence-electron chi connectivity index (χ2n) is 5.39. The van der Waals surface area contributed by atoms with Crippen molar-refractivity contribution >= 4 is 11.7 Å². The van der Waals surface area contributed by atoms with Crippen molar-refractivity contribution in [2.45, 2.75) is 20.3 Å². The van der Waals surface area contributed by atoms with Gasteiger partial charge in [0, 0.05) is 32.0 Å². The fraction of sp³-hybridized carbons (Fsp3) is 0.375. The van der Waals surface area contributed by atoms with Gasteiger partial charge in [-0.2, -0.15) is 5.10 Å². The molecule has 0 aliphatic rings. The van der Waals surface area contributed by atoms with E-state index in [1.165, 1.54) is 12.1 Å². The molecule has 2 amide bonds. The molecule has 118 valence electrons.